The van der Waals surface area contributed by atoms with Gasteiger partial charge in [0.15, 0.2) is 0 Å². The first kappa shape index (κ1) is 9.41. The Balaban J connectivity index is 3.24. The number of hydrogen-bond acceptors (Lipinski definition) is 1. The Morgan fingerprint density at radius 1 is 1.55 bits per heavy atom. The molecule has 4 heteroatoms. The van der Waals surface area contributed by atoms with Crippen LogP contribution in [0.4, 0.5) is 4.39 Å². The predicted molar refractivity (Wildman–Crippen MR) is 52.7 cm³/mol. The fourth-order valence-corrected chi connectivity index (χ4v) is 1.72. The van der Waals surface area contributed by atoms with Crippen molar-refractivity contribution in [3.8, 4) is 0 Å². The van der Waals surface area contributed by atoms with Crippen molar-refractivity contribution in [1.82, 2.24) is 0 Å². The van der Waals surface area contributed by atoms with Gasteiger partial charge in [-0.2, -0.15) is 0 Å². The van der Waals surface area contributed by atoms with Crippen molar-refractivity contribution in [1.29, 1.82) is 0 Å². The third-order valence-electron chi connectivity index (χ3n) is 1.24. The fourth-order valence-electron chi connectivity index (χ4n) is 0.724. The largest absolute Gasteiger partial charge is 0.392 e. The molecule has 1 nitrogen and oxygen atoms in total. The zero-order chi connectivity index (χ0) is 8.43. The van der Waals surface area contributed by atoms with E-state index in [1.165, 1.54) is 12.1 Å². The van der Waals surface area contributed by atoms with Crippen molar-refractivity contribution >= 4 is 38.5 Å². The summed E-state index contributed by atoms with van der Waals surface area (Å²) in [6.07, 6.45) is 0. The van der Waals surface area contributed by atoms with Crippen molar-refractivity contribution in [2.75, 3.05) is 0 Å². The fraction of sp³-hybridized carbons (Fsp3) is 0.143. The second-order valence-electron chi connectivity index (χ2n) is 2.02. The van der Waals surface area contributed by atoms with Gasteiger partial charge in [0.2, 0.25) is 0 Å². The maximum absolute atomic E-state index is 12.7. The standard InChI is InChI=1S/C7H5BrFIO/c8-7-4(3-11)1-5(9)2-6(7)10/h1-2,11H,3H2. The number of benzene rings is 1. The van der Waals surface area contributed by atoms with Crippen molar-refractivity contribution in [2.24, 2.45) is 0 Å². The van der Waals surface area contributed by atoms with Crippen molar-refractivity contribution in [2.45, 2.75) is 6.61 Å². The molecule has 11 heavy (non-hydrogen) atoms. The molecule has 0 spiro atoms. The van der Waals surface area contributed by atoms with E-state index < -0.39 is 0 Å². The van der Waals surface area contributed by atoms with Crippen LogP contribution in [0.2, 0.25) is 0 Å². The van der Waals surface area contributed by atoms with Crippen LogP contribution < -0.4 is 0 Å². The lowest BCUT2D eigenvalue weighted by atomic mass is 10.2. The Morgan fingerprint density at radius 3 is 2.73 bits per heavy atom. The van der Waals surface area contributed by atoms with Crippen molar-refractivity contribution in [3.63, 3.8) is 0 Å². The van der Waals surface area contributed by atoms with Crippen LogP contribution in [0.1, 0.15) is 5.56 Å². The summed E-state index contributed by atoms with van der Waals surface area (Å²) in [5, 5.41) is 8.77. The second-order valence-corrected chi connectivity index (χ2v) is 3.97. The minimum Gasteiger partial charge on any atom is -0.392 e. The van der Waals surface area contributed by atoms with Crippen molar-refractivity contribution < 1.29 is 9.50 Å². The van der Waals surface area contributed by atoms with Crippen LogP contribution in [0.15, 0.2) is 16.6 Å². The number of hydrogen-bond donors (Lipinski definition) is 1. The van der Waals surface area contributed by atoms with Crippen LogP contribution in [0, 0.1) is 9.39 Å². The van der Waals surface area contributed by atoms with Gasteiger partial charge < -0.3 is 5.11 Å². The van der Waals surface area contributed by atoms with Gasteiger partial charge in [0.05, 0.1) is 6.61 Å². The van der Waals surface area contributed by atoms with Crippen LogP contribution >= 0.6 is 38.5 Å². The summed E-state index contributed by atoms with van der Waals surface area (Å²) in [5.41, 5.74) is 0.578. The Kier molecular flexibility index (Phi) is 3.27. The van der Waals surface area contributed by atoms with E-state index in [1.54, 1.807) is 0 Å². The average Bonchev–Trinajstić information content (AvgIpc) is 1.96. The quantitative estimate of drug-likeness (QED) is 0.620. The third-order valence-corrected chi connectivity index (χ3v) is 3.77. The van der Waals surface area contributed by atoms with Gasteiger partial charge >= 0.3 is 0 Å². The van der Waals surface area contributed by atoms with Gasteiger partial charge in [-0.15, -0.1) is 0 Å². The summed E-state index contributed by atoms with van der Waals surface area (Å²) in [4.78, 5) is 0. The molecule has 0 aliphatic rings. The molecule has 1 N–H and O–H groups in total. The molecule has 0 atom stereocenters. The number of halogens is 3. The summed E-state index contributed by atoms with van der Waals surface area (Å²) < 4.78 is 14.2. The molecule has 0 amide bonds. The first-order valence-electron chi connectivity index (χ1n) is 2.89. The predicted octanol–water partition coefficient (Wildman–Crippen LogP) is 2.69. The van der Waals surface area contributed by atoms with Gasteiger partial charge in [-0.3, -0.25) is 0 Å². The summed E-state index contributed by atoms with van der Waals surface area (Å²) >= 11 is 5.24. The van der Waals surface area contributed by atoms with Gasteiger partial charge in [-0.1, -0.05) is 0 Å². The van der Waals surface area contributed by atoms with E-state index in [0.29, 0.717) is 5.56 Å². The highest BCUT2D eigenvalue weighted by Crippen LogP contribution is 2.24. The van der Waals surface area contributed by atoms with E-state index in [1.807, 2.05) is 22.6 Å². The highest BCUT2D eigenvalue weighted by molar-refractivity contribution is 14.1. The van der Waals surface area contributed by atoms with E-state index in [2.05, 4.69) is 15.9 Å². The molecule has 0 saturated carbocycles. The molecule has 0 saturated heterocycles. The van der Waals surface area contributed by atoms with Crippen molar-refractivity contribution in [3.05, 3.63) is 31.6 Å². The molecule has 0 aliphatic carbocycles. The molecule has 0 radical (unpaired) electrons. The van der Waals surface area contributed by atoms with Gasteiger partial charge in [0, 0.05) is 8.04 Å². The minimum atomic E-state index is -0.318. The SMILES string of the molecule is OCc1cc(F)cc(I)c1Br. The summed E-state index contributed by atoms with van der Waals surface area (Å²) in [7, 11) is 0. The summed E-state index contributed by atoms with van der Waals surface area (Å²) in [5.74, 6) is -0.318. The minimum absolute atomic E-state index is 0.144. The molecule has 60 valence electrons. The molecule has 0 bridgehead atoms. The summed E-state index contributed by atoms with van der Waals surface area (Å²) in [6.45, 7) is -0.144. The Labute approximate surface area is 85.9 Å². The van der Waals surface area contributed by atoms with Crippen LogP contribution in [0.5, 0.6) is 0 Å². The Bertz CT molecular complexity index is 277. The number of aliphatic hydroxyl groups excluding tert-OH is 1. The molecule has 1 aromatic rings. The van der Waals surface area contributed by atoms with E-state index in [0.717, 1.165) is 8.04 Å². The maximum atomic E-state index is 12.7. The molecule has 0 aromatic heterocycles. The lowest BCUT2D eigenvalue weighted by Gasteiger charge is -2.02. The van der Waals surface area contributed by atoms with E-state index in [9.17, 15) is 4.39 Å². The maximum Gasteiger partial charge on any atom is 0.124 e. The van der Waals surface area contributed by atoms with E-state index >= 15 is 0 Å². The lowest BCUT2D eigenvalue weighted by Crippen LogP contribution is -1.90. The molecular formula is C7H5BrFIO. The van der Waals surface area contributed by atoms with Crippen LogP contribution in [0.3, 0.4) is 0 Å². The van der Waals surface area contributed by atoms with E-state index in [-0.39, 0.29) is 12.4 Å². The Hall–Kier alpha value is 0.320. The van der Waals surface area contributed by atoms with Gasteiger partial charge in [0.1, 0.15) is 5.82 Å². The Morgan fingerprint density at radius 2 is 2.18 bits per heavy atom. The van der Waals surface area contributed by atoms with E-state index in [4.69, 9.17) is 5.11 Å². The van der Waals surface area contributed by atoms with Crippen LogP contribution in [-0.2, 0) is 6.61 Å². The smallest absolute Gasteiger partial charge is 0.124 e. The monoisotopic (exact) mass is 330 g/mol. The first-order valence-corrected chi connectivity index (χ1v) is 4.76. The average molecular weight is 331 g/mol. The molecule has 0 fully saturated rings. The third kappa shape index (κ3) is 2.13. The highest BCUT2D eigenvalue weighted by Gasteiger charge is 2.04. The van der Waals surface area contributed by atoms with Gasteiger partial charge in [-0.05, 0) is 56.2 Å². The first-order chi connectivity index (χ1) is 5.15. The van der Waals surface area contributed by atoms with Gasteiger partial charge in [0.25, 0.3) is 0 Å². The van der Waals surface area contributed by atoms with Crippen LogP contribution in [0.25, 0.3) is 0 Å². The summed E-state index contributed by atoms with van der Waals surface area (Å²) in [6, 6.07) is 2.72. The number of aliphatic hydroxyl groups is 1. The number of rotatable bonds is 1. The molecular weight excluding hydrogens is 326 g/mol. The zero-order valence-electron chi connectivity index (χ0n) is 5.44. The molecule has 1 rings (SSSR count). The topological polar surface area (TPSA) is 20.2 Å². The zero-order valence-corrected chi connectivity index (χ0v) is 9.19. The lowest BCUT2D eigenvalue weighted by molar-refractivity contribution is 0.280. The second kappa shape index (κ2) is 3.82. The molecule has 0 heterocycles. The highest BCUT2D eigenvalue weighted by atomic mass is 127. The molecule has 0 unspecified atom stereocenters. The molecule has 0 aliphatic heterocycles. The molecule has 1 aromatic carbocycles. The van der Waals surface area contributed by atoms with Gasteiger partial charge in [-0.25, -0.2) is 4.39 Å². The van der Waals surface area contributed by atoms with Crippen LogP contribution in [-0.4, -0.2) is 5.11 Å². The normalized spacial score (nSPS) is 10.2.